The van der Waals surface area contributed by atoms with Crippen molar-refractivity contribution in [3.8, 4) is 0 Å². The van der Waals surface area contributed by atoms with Gasteiger partial charge in [-0.3, -0.25) is 4.79 Å². The summed E-state index contributed by atoms with van der Waals surface area (Å²) in [6.07, 6.45) is 2.24. The molecule has 0 saturated heterocycles. The van der Waals surface area contributed by atoms with Crippen LogP contribution >= 0.6 is 23.2 Å². The van der Waals surface area contributed by atoms with E-state index in [9.17, 15) is 14.7 Å². The maximum Gasteiger partial charge on any atom is 0.331 e. The highest BCUT2D eigenvalue weighted by Gasteiger charge is 2.37. The number of carbonyl (C=O) groups is 2. The third-order valence-corrected chi connectivity index (χ3v) is 3.26. The number of hydrogen-bond donors (Lipinski definition) is 1. The van der Waals surface area contributed by atoms with Crippen LogP contribution in [0.1, 0.15) is 24.4 Å². The highest BCUT2D eigenvalue weighted by Crippen LogP contribution is 2.35. The van der Waals surface area contributed by atoms with Crippen molar-refractivity contribution < 1.29 is 14.7 Å². The molecule has 18 heavy (non-hydrogen) atoms. The number of carboxylic acids is 1. The highest BCUT2D eigenvalue weighted by molar-refractivity contribution is 6.34. The van der Waals surface area contributed by atoms with Crippen molar-refractivity contribution >= 4 is 35.6 Å². The maximum atomic E-state index is 11.4. The van der Waals surface area contributed by atoms with Gasteiger partial charge in [0.15, 0.2) is 6.04 Å². The molecule has 4 nitrogen and oxygen atoms in total. The second-order valence-corrected chi connectivity index (χ2v) is 5.10. The van der Waals surface area contributed by atoms with E-state index in [4.69, 9.17) is 23.2 Å². The Kier molecular flexibility index (Phi) is 3.78. The van der Waals surface area contributed by atoms with Crippen LogP contribution in [0.2, 0.25) is 10.0 Å². The number of aliphatic carboxylic acids is 1. The monoisotopic (exact) mass is 287 g/mol. The van der Waals surface area contributed by atoms with Crippen molar-refractivity contribution in [2.45, 2.75) is 24.9 Å². The Morgan fingerprint density at radius 1 is 1.33 bits per heavy atom. The number of amides is 1. The van der Waals surface area contributed by atoms with E-state index >= 15 is 0 Å². The predicted octanol–water partition coefficient (Wildman–Crippen LogP) is 2.74. The minimum Gasteiger partial charge on any atom is -0.479 e. The molecule has 0 aliphatic heterocycles. The van der Waals surface area contributed by atoms with E-state index in [1.165, 1.54) is 23.1 Å². The van der Waals surface area contributed by atoms with Gasteiger partial charge in [-0.15, -0.1) is 0 Å². The molecule has 0 radical (unpaired) electrons. The molecule has 0 spiro atoms. The lowest BCUT2D eigenvalue weighted by molar-refractivity contribution is -0.147. The molecule has 96 valence electrons. The molecule has 0 bridgehead atoms. The third kappa shape index (κ3) is 2.76. The Balaban J connectivity index is 2.39. The standard InChI is InChI=1S/C12H11Cl2NO3/c13-8-3-7(4-9(14)5-8)11(12(17)18)15(6-16)10-1-2-10/h3-6,10-11H,1-2H2,(H,17,18). The van der Waals surface area contributed by atoms with Gasteiger partial charge in [0.25, 0.3) is 0 Å². The summed E-state index contributed by atoms with van der Waals surface area (Å²) in [5.74, 6) is -1.09. The number of nitrogens with zero attached hydrogens (tertiary/aromatic N) is 1. The van der Waals surface area contributed by atoms with E-state index in [1.807, 2.05) is 0 Å². The van der Waals surface area contributed by atoms with E-state index in [0.717, 1.165) is 12.8 Å². The minimum atomic E-state index is -1.09. The van der Waals surface area contributed by atoms with Crippen molar-refractivity contribution in [2.24, 2.45) is 0 Å². The van der Waals surface area contributed by atoms with E-state index in [1.54, 1.807) is 0 Å². The number of hydrogen-bond acceptors (Lipinski definition) is 2. The topological polar surface area (TPSA) is 57.6 Å². The zero-order valence-corrected chi connectivity index (χ0v) is 10.9. The first kappa shape index (κ1) is 13.2. The SMILES string of the molecule is O=CN(C1CC1)C(C(=O)O)c1cc(Cl)cc(Cl)c1. The van der Waals surface area contributed by atoms with E-state index in [2.05, 4.69) is 0 Å². The van der Waals surface area contributed by atoms with Crippen molar-refractivity contribution in [1.82, 2.24) is 4.90 Å². The molecule has 1 aliphatic rings. The van der Waals surface area contributed by atoms with Gasteiger partial charge in [0.05, 0.1) is 0 Å². The first-order valence-corrected chi connectivity index (χ1v) is 6.20. The number of carboxylic acid groups (broad SMARTS) is 1. The average Bonchev–Trinajstić information content (AvgIpc) is 3.07. The summed E-state index contributed by atoms with van der Waals surface area (Å²) in [5.41, 5.74) is 0.416. The fourth-order valence-corrected chi connectivity index (χ4v) is 2.45. The lowest BCUT2D eigenvalue weighted by Crippen LogP contribution is -2.34. The minimum absolute atomic E-state index is 0.00126. The molecule has 6 heteroatoms. The maximum absolute atomic E-state index is 11.4. The Morgan fingerprint density at radius 3 is 2.28 bits per heavy atom. The molecule has 2 rings (SSSR count). The molecule has 0 aromatic heterocycles. The molecule has 1 amide bonds. The summed E-state index contributed by atoms with van der Waals surface area (Å²) in [7, 11) is 0. The van der Waals surface area contributed by atoms with Crippen LogP contribution in [0, 0.1) is 0 Å². The smallest absolute Gasteiger partial charge is 0.331 e. The zero-order chi connectivity index (χ0) is 13.3. The summed E-state index contributed by atoms with van der Waals surface area (Å²) >= 11 is 11.7. The van der Waals surface area contributed by atoms with Crippen molar-refractivity contribution in [3.05, 3.63) is 33.8 Å². The Bertz CT molecular complexity index is 468. The van der Waals surface area contributed by atoms with Crippen LogP contribution in [0.5, 0.6) is 0 Å². The molecule has 0 heterocycles. The summed E-state index contributed by atoms with van der Waals surface area (Å²) in [4.78, 5) is 23.8. The Labute approximate surface area is 114 Å². The lowest BCUT2D eigenvalue weighted by Gasteiger charge is -2.25. The Hall–Kier alpha value is -1.26. The molecule has 1 unspecified atom stereocenters. The molecule has 1 aliphatic carbocycles. The number of carbonyl (C=O) groups excluding carboxylic acids is 1. The van der Waals surface area contributed by atoms with Gasteiger partial charge in [0.1, 0.15) is 0 Å². The van der Waals surface area contributed by atoms with Crippen molar-refractivity contribution in [1.29, 1.82) is 0 Å². The third-order valence-electron chi connectivity index (χ3n) is 2.82. The zero-order valence-electron chi connectivity index (χ0n) is 9.35. The summed E-state index contributed by atoms with van der Waals surface area (Å²) < 4.78 is 0. The predicted molar refractivity (Wildman–Crippen MR) is 67.8 cm³/mol. The van der Waals surface area contributed by atoms with Crippen LogP contribution in [0.3, 0.4) is 0 Å². The lowest BCUT2D eigenvalue weighted by atomic mass is 10.1. The second-order valence-electron chi connectivity index (χ2n) is 4.23. The summed E-state index contributed by atoms with van der Waals surface area (Å²) in [5, 5.41) is 10.0. The van der Waals surface area contributed by atoms with Gasteiger partial charge in [-0.25, -0.2) is 4.79 Å². The van der Waals surface area contributed by atoms with Gasteiger partial charge in [0.2, 0.25) is 6.41 Å². The van der Waals surface area contributed by atoms with E-state index in [0.29, 0.717) is 22.0 Å². The normalized spacial score (nSPS) is 16.1. The Morgan fingerprint density at radius 2 is 1.89 bits per heavy atom. The summed E-state index contributed by atoms with van der Waals surface area (Å²) in [6, 6.07) is 3.52. The van der Waals surface area contributed by atoms with E-state index < -0.39 is 12.0 Å². The van der Waals surface area contributed by atoms with Crippen molar-refractivity contribution in [2.75, 3.05) is 0 Å². The molecule has 1 N–H and O–H groups in total. The average molecular weight is 288 g/mol. The van der Waals surface area contributed by atoms with Gasteiger partial charge >= 0.3 is 5.97 Å². The first-order valence-electron chi connectivity index (χ1n) is 5.44. The van der Waals surface area contributed by atoms with Gasteiger partial charge in [-0.2, -0.15) is 0 Å². The molecule has 1 aromatic rings. The second kappa shape index (κ2) is 5.16. The molecular formula is C12H11Cl2NO3. The van der Waals surface area contributed by atoms with E-state index in [-0.39, 0.29) is 6.04 Å². The fraction of sp³-hybridized carbons (Fsp3) is 0.333. The quantitative estimate of drug-likeness (QED) is 0.847. The number of rotatable bonds is 5. The molecule has 1 fully saturated rings. The van der Waals surface area contributed by atoms with Crippen LogP contribution in [0.4, 0.5) is 0 Å². The van der Waals surface area contributed by atoms with Gasteiger partial charge in [-0.05, 0) is 36.6 Å². The van der Waals surface area contributed by atoms with Gasteiger partial charge in [0, 0.05) is 16.1 Å². The van der Waals surface area contributed by atoms with Gasteiger partial charge < -0.3 is 10.0 Å². The molecule has 1 atom stereocenters. The summed E-state index contributed by atoms with van der Waals surface area (Å²) in [6.45, 7) is 0. The molecular weight excluding hydrogens is 277 g/mol. The largest absolute Gasteiger partial charge is 0.479 e. The van der Waals surface area contributed by atoms with Crippen LogP contribution in [0.25, 0.3) is 0 Å². The number of benzene rings is 1. The molecule has 1 saturated carbocycles. The van der Waals surface area contributed by atoms with Crippen LogP contribution in [0.15, 0.2) is 18.2 Å². The molecule has 1 aromatic carbocycles. The van der Waals surface area contributed by atoms with Crippen LogP contribution in [-0.2, 0) is 9.59 Å². The first-order chi connectivity index (χ1) is 8.52. The number of halogens is 2. The van der Waals surface area contributed by atoms with Crippen LogP contribution < -0.4 is 0 Å². The highest BCUT2D eigenvalue weighted by atomic mass is 35.5. The van der Waals surface area contributed by atoms with Crippen molar-refractivity contribution in [3.63, 3.8) is 0 Å². The fourth-order valence-electron chi connectivity index (χ4n) is 1.91. The van der Waals surface area contributed by atoms with Gasteiger partial charge in [-0.1, -0.05) is 23.2 Å². The van der Waals surface area contributed by atoms with Crippen LogP contribution in [-0.4, -0.2) is 28.4 Å².